The molecule has 4 heteroatoms. The van der Waals surface area contributed by atoms with Crippen LogP contribution in [0, 0.1) is 5.82 Å². The number of hydrogen-bond donors (Lipinski definition) is 2. The summed E-state index contributed by atoms with van der Waals surface area (Å²) in [6.07, 6.45) is 3.70. The number of nitrogens with one attached hydrogen (secondary N) is 1. The van der Waals surface area contributed by atoms with Gasteiger partial charge in [0.15, 0.2) is 5.78 Å². The molecule has 92 valence electrons. The fourth-order valence-electron chi connectivity index (χ4n) is 2.20. The number of rotatable bonds is 3. The van der Waals surface area contributed by atoms with Crippen LogP contribution in [0.15, 0.2) is 18.2 Å². The summed E-state index contributed by atoms with van der Waals surface area (Å²) in [7, 11) is 0. The van der Waals surface area contributed by atoms with Crippen LogP contribution in [0.5, 0.6) is 0 Å². The zero-order valence-corrected chi connectivity index (χ0v) is 9.71. The van der Waals surface area contributed by atoms with Crippen molar-refractivity contribution >= 4 is 11.5 Å². The molecule has 1 aromatic carbocycles. The Labute approximate surface area is 100 Å². The second-order valence-corrected chi connectivity index (χ2v) is 4.51. The Morgan fingerprint density at radius 2 is 2.29 bits per heavy atom. The Kier molecular flexibility index (Phi) is 3.74. The van der Waals surface area contributed by atoms with E-state index in [1.165, 1.54) is 18.2 Å². The number of ketones is 1. The number of halogens is 1. The van der Waals surface area contributed by atoms with E-state index in [0.29, 0.717) is 17.7 Å². The minimum Gasteiger partial charge on any atom is -0.398 e. The number of nitrogen functional groups attached to an aromatic ring is 1. The average Bonchev–Trinajstić information content (AvgIpc) is 2.33. The summed E-state index contributed by atoms with van der Waals surface area (Å²) < 4.78 is 13.1. The van der Waals surface area contributed by atoms with Gasteiger partial charge >= 0.3 is 0 Å². The maximum absolute atomic E-state index is 13.1. The highest BCUT2D eigenvalue weighted by atomic mass is 19.1. The van der Waals surface area contributed by atoms with E-state index in [9.17, 15) is 9.18 Å². The predicted octanol–water partition coefficient (Wildman–Crippen LogP) is 2.12. The summed E-state index contributed by atoms with van der Waals surface area (Å²) in [4.78, 5) is 12.0. The van der Waals surface area contributed by atoms with Crippen LogP contribution >= 0.6 is 0 Å². The fraction of sp³-hybridized carbons (Fsp3) is 0.462. The minimum atomic E-state index is -0.417. The topological polar surface area (TPSA) is 55.1 Å². The third-order valence-electron chi connectivity index (χ3n) is 3.16. The van der Waals surface area contributed by atoms with Gasteiger partial charge in [-0.05, 0) is 37.6 Å². The largest absolute Gasteiger partial charge is 0.398 e. The first-order chi connectivity index (χ1) is 8.16. The summed E-state index contributed by atoms with van der Waals surface area (Å²) >= 11 is 0. The van der Waals surface area contributed by atoms with Gasteiger partial charge in [-0.3, -0.25) is 4.79 Å². The van der Waals surface area contributed by atoms with Gasteiger partial charge in [-0.2, -0.15) is 0 Å². The van der Waals surface area contributed by atoms with Crippen LogP contribution in [0.1, 0.15) is 36.0 Å². The van der Waals surface area contributed by atoms with E-state index in [1.807, 2.05) is 0 Å². The molecular formula is C13H17FN2O. The molecule has 1 saturated heterocycles. The molecule has 0 aromatic heterocycles. The standard InChI is InChI=1S/C13H17FN2O/c14-9-4-5-12(15)11(7-9)13(17)8-10-3-1-2-6-16-10/h4-5,7,10,16H,1-3,6,8,15H2. The number of Topliss-reactive ketones (excluding diaryl/α,β-unsaturated/α-hetero) is 1. The Hall–Kier alpha value is -1.42. The van der Waals surface area contributed by atoms with Gasteiger partial charge in [0.2, 0.25) is 0 Å². The number of carbonyl (C=O) groups excluding carboxylic acids is 1. The van der Waals surface area contributed by atoms with Gasteiger partial charge in [-0.15, -0.1) is 0 Å². The normalized spacial score (nSPS) is 20.2. The lowest BCUT2D eigenvalue weighted by atomic mass is 9.96. The molecule has 3 N–H and O–H groups in total. The van der Waals surface area contributed by atoms with Crippen molar-refractivity contribution in [2.24, 2.45) is 0 Å². The van der Waals surface area contributed by atoms with Crippen molar-refractivity contribution in [2.45, 2.75) is 31.7 Å². The first-order valence-electron chi connectivity index (χ1n) is 5.98. The third-order valence-corrected chi connectivity index (χ3v) is 3.16. The van der Waals surface area contributed by atoms with Crippen molar-refractivity contribution in [3.05, 3.63) is 29.6 Å². The molecular weight excluding hydrogens is 219 g/mol. The van der Waals surface area contributed by atoms with Gasteiger partial charge in [-0.1, -0.05) is 6.42 Å². The highest BCUT2D eigenvalue weighted by Crippen LogP contribution is 2.18. The first-order valence-corrected chi connectivity index (χ1v) is 5.98. The molecule has 1 fully saturated rings. The van der Waals surface area contributed by atoms with E-state index in [4.69, 9.17) is 5.73 Å². The predicted molar refractivity (Wildman–Crippen MR) is 65.4 cm³/mol. The smallest absolute Gasteiger partial charge is 0.166 e. The van der Waals surface area contributed by atoms with E-state index in [0.717, 1.165) is 25.8 Å². The molecule has 0 radical (unpaired) electrons. The molecule has 0 spiro atoms. The first kappa shape index (κ1) is 12.0. The Bertz CT molecular complexity index is 414. The molecule has 1 aliphatic rings. The van der Waals surface area contributed by atoms with Crippen molar-refractivity contribution in [1.82, 2.24) is 5.32 Å². The second-order valence-electron chi connectivity index (χ2n) is 4.51. The van der Waals surface area contributed by atoms with E-state index < -0.39 is 5.82 Å². The molecule has 17 heavy (non-hydrogen) atoms. The van der Waals surface area contributed by atoms with E-state index >= 15 is 0 Å². The van der Waals surface area contributed by atoms with Crippen LogP contribution in [0.25, 0.3) is 0 Å². The average molecular weight is 236 g/mol. The van der Waals surface area contributed by atoms with Crippen LogP contribution in [0.3, 0.4) is 0 Å². The number of hydrogen-bond acceptors (Lipinski definition) is 3. The number of benzene rings is 1. The summed E-state index contributed by atoms with van der Waals surface area (Å²) in [5.74, 6) is -0.499. The zero-order valence-electron chi connectivity index (χ0n) is 9.71. The quantitative estimate of drug-likeness (QED) is 0.624. The summed E-state index contributed by atoms with van der Waals surface area (Å²) in [6.45, 7) is 0.955. The number of nitrogens with two attached hydrogens (primary N) is 1. The summed E-state index contributed by atoms with van der Waals surface area (Å²) in [5.41, 5.74) is 6.34. The molecule has 1 unspecified atom stereocenters. The maximum Gasteiger partial charge on any atom is 0.166 e. The molecule has 0 saturated carbocycles. The van der Waals surface area contributed by atoms with Gasteiger partial charge in [-0.25, -0.2) is 4.39 Å². The molecule has 0 bridgehead atoms. The minimum absolute atomic E-state index is 0.0820. The summed E-state index contributed by atoms with van der Waals surface area (Å²) in [5, 5.41) is 3.30. The zero-order chi connectivity index (χ0) is 12.3. The van der Waals surface area contributed by atoms with E-state index in [1.54, 1.807) is 0 Å². The molecule has 0 aliphatic carbocycles. The number of piperidine rings is 1. The molecule has 2 rings (SSSR count). The maximum atomic E-state index is 13.1. The van der Waals surface area contributed by atoms with Crippen molar-refractivity contribution in [3.63, 3.8) is 0 Å². The Morgan fingerprint density at radius 1 is 1.47 bits per heavy atom. The second kappa shape index (κ2) is 5.27. The highest BCUT2D eigenvalue weighted by Gasteiger charge is 2.19. The van der Waals surface area contributed by atoms with Crippen LogP contribution in [0.4, 0.5) is 10.1 Å². The van der Waals surface area contributed by atoms with Crippen LogP contribution in [-0.2, 0) is 0 Å². The van der Waals surface area contributed by atoms with Crippen molar-refractivity contribution in [1.29, 1.82) is 0 Å². The molecule has 3 nitrogen and oxygen atoms in total. The third kappa shape index (κ3) is 3.03. The molecule has 1 heterocycles. The molecule has 1 aliphatic heterocycles. The lowest BCUT2D eigenvalue weighted by Gasteiger charge is -2.22. The monoisotopic (exact) mass is 236 g/mol. The summed E-state index contributed by atoms with van der Waals surface area (Å²) in [6, 6.07) is 4.14. The number of carbonyl (C=O) groups is 1. The lowest BCUT2D eigenvalue weighted by Crippen LogP contribution is -2.35. The highest BCUT2D eigenvalue weighted by molar-refractivity contribution is 6.01. The van der Waals surface area contributed by atoms with Gasteiger partial charge in [0, 0.05) is 23.7 Å². The molecule has 0 amide bonds. The van der Waals surface area contributed by atoms with Gasteiger partial charge in [0.1, 0.15) is 5.82 Å². The molecule has 1 atom stereocenters. The van der Waals surface area contributed by atoms with E-state index in [-0.39, 0.29) is 11.8 Å². The van der Waals surface area contributed by atoms with Gasteiger partial charge < -0.3 is 11.1 Å². The number of anilines is 1. The SMILES string of the molecule is Nc1ccc(F)cc1C(=O)CC1CCCCN1. The molecule has 1 aromatic rings. The van der Waals surface area contributed by atoms with Crippen molar-refractivity contribution in [3.8, 4) is 0 Å². The van der Waals surface area contributed by atoms with Crippen molar-refractivity contribution in [2.75, 3.05) is 12.3 Å². The van der Waals surface area contributed by atoms with Gasteiger partial charge in [0.05, 0.1) is 0 Å². The van der Waals surface area contributed by atoms with Crippen molar-refractivity contribution < 1.29 is 9.18 Å². The van der Waals surface area contributed by atoms with Crippen LogP contribution in [0.2, 0.25) is 0 Å². The van der Waals surface area contributed by atoms with Crippen LogP contribution < -0.4 is 11.1 Å². The fourth-order valence-corrected chi connectivity index (χ4v) is 2.20. The Morgan fingerprint density at radius 3 is 3.00 bits per heavy atom. The van der Waals surface area contributed by atoms with Crippen LogP contribution in [-0.4, -0.2) is 18.4 Å². The van der Waals surface area contributed by atoms with E-state index in [2.05, 4.69) is 5.32 Å². The van der Waals surface area contributed by atoms with Gasteiger partial charge in [0.25, 0.3) is 0 Å². The Balaban J connectivity index is 2.05. The lowest BCUT2D eigenvalue weighted by molar-refractivity contribution is 0.0964.